The van der Waals surface area contributed by atoms with Crippen molar-refractivity contribution >= 4 is 6.09 Å². The molecule has 1 amide bonds. The van der Waals surface area contributed by atoms with Crippen LogP contribution in [-0.4, -0.2) is 43.5 Å². The highest BCUT2D eigenvalue weighted by molar-refractivity contribution is 5.67. The number of amides is 1. The zero-order valence-electron chi connectivity index (χ0n) is 26.0. The number of ether oxygens (including phenoxy) is 1. The van der Waals surface area contributed by atoms with E-state index in [0.717, 1.165) is 61.2 Å². The Hall–Kier alpha value is -1.11. The minimum absolute atomic E-state index is 0.00261. The third-order valence-electron chi connectivity index (χ3n) is 11.9. The topological polar surface area (TPSA) is 93.6 Å². The molecule has 0 aromatic carbocycles. The molecular weight excluding hydrogens is 484 g/mol. The molecule has 0 aromatic rings. The Balaban J connectivity index is 1.34. The Morgan fingerprint density at radius 3 is 2.56 bits per heavy atom. The van der Waals surface area contributed by atoms with E-state index in [1.165, 1.54) is 51.4 Å². The van der Waals surface area contributed by atoms with E-state index in [9.17, 15) is 4.79 Å². The fourth-order valence-corrected chi connectivity index (χ4v) is 9.66. The number of hydrogen-bond acceptors (Lipinski definition) is 5. The van der Waals surface area contributed by atoms with E-state index in [1.807, 2.05) is 7.05 Å². The van der Waals surface area contributed by atoms with Crippen molar-refractivity contribution in [3.63, 3.8) is 0 Å². The summed E-state index contributed by atoms with van der Waals surface area (Å²) >= 11 is 0. The smallest absolute Gasteiger partial charge is 0.409 e. The zero-order valence-corrected chi connectivity index (χ0v) is 26.0. The van der Waals surface area contributed by atoms with Crippen molar-refractivity contribution in [2.24, 2.45) is 57.8 Å². The summed E-state index contributed by atoms with van der Waals surface area (Å²) in [6.07, 6.45) is 16.8. The maximum Gasteiger partial charge on any atom is 0.409 e. The number of nitrogens with zero attached hydrogens (tertiary/aromatic N) is 1. The quantitative estimate of drug-likeness (QED) is 0.154. The molecule has 0 saturated heterocycles. The first-order chi connectivity index (χ1) is 18.5. The van der Waals surface area contributed by atoms with Gasteiger partial charge >= 0.3 is 6.09 Å². The average Bonchev–Trinajstić information content (AvgIpc) is 3.23. The van der Waals surface area contributed by atoms with Crippen LogP contribution < -0.4 is 16.8 Å². The molecule has 0 heterocycles. The van der Waals surface area contributed by atoms with Gasteiger partial charge in [-0.05, 0) is 104 Å². The van der Waals surface area contributed by atoms with Crippen molar-refractivity contribution in [1.82, 2.24) is 10.2 Å². The van der Waals surface area contributed by atoms with Crippen molar-refractivity contribution in [2.45, 2.75) is 124 Å². The molecule has 0 radical (unpaired) electrons. The van der Waals surface area contributed by atoms with Crippen LogP contribution in [0.25, 0.3) is 0 Å². The number of carbonyl (C=O) groups is 1. The molecule has 8 unspecified atom stereocenters. The van der Waals surface area contributed by atoms with Crippen molar-refractivity contribution in [3.05, 3.63) is 11.6 Å². The van der Waals surface area contributed by atoms with Crippen LogP contribution in [0.4, 0.5) is 4.79 Å². The van der Waals surface area contributed by atoms with Gasteiger partial charge in [0.05, 0.1) is 0 Å². The number of carbonyl (C=O) groups excluding carboxylic acids is 1. The van der Waals surface area contributed by atoms with Gasteiger partial charge in [0.1, 0.15) is 12.4 Å². The Kier molecular flexibility index (Phi) is 10.1. The molecule has 224 valence electrons. The van der Waals surface area contributed by atoms with Crippen LogP contribution in [0.1, 0.15) is 112 Å². The van der Waals surface area contributed by atoms with Crippen LogP contribution in [0.3, 0.4) is 0 Å². The van der Waals surface area contributed by atoms with Crippen molar-refractivity contribution in [2.75, 3.05) is 20.1 Å². The second-order valence-corrected chi connectivity index (χ2v) is 14.8. The van der Waals surface area contributed by atoms with Gasteiger partial charge in [0.25, 0.3) is 0 Å². The van der Waals surface area contributed by atoms with Crippen LogP contribution in [0.15, 0.2) is 11.6 Å². The number of nitrogens with one attached hydrogen (secondary N) is 1. The molecule has 8 atom stereocenters. The summed E-state index contributed by atoms with van der Waals surface area (Å²) in [5, 5.41) is 2.98. The molecule has 0 spiro atoms. The number of rotatable bonds is 11. The second-order valence-electron chi connectivity index (χ2n) is 14.8. The molecular formula is C33H60N4O2. The van der Waals surface area contributed by atoms with Gasteiger partial charge in [-0.3, -0.25) is 5.32 Å². The lowest BCUT2D eigenvalue weighted by Gasteiger charge is -2.58. The molecule has 3 saturated carbocycles. The largest absolute Gasteiger partial charge is 0.446 e. The summed E-state index contributed by atoms with van der Waals surface area (Å²) in [7, 11) is 1.82. The van der Waals surface area contributed by atoms with Crippen molar-refractivity contribution in [3.8, 4) is 0 Å². The highest BCUT2D eigenvalue weighted by atomic mass is 16.6. The standard InChI is InChI=1S/C33H60N4O2/c1-22(2)9-7-10-23(3)27-13-14-28-26-12-11-24-21-25(39-31(38)37(6)20-8-19-36-30(34)35)15-17-32(24,4)29(26)16-18-33(27,28)5/h11,22-23,25-30,36H,7-10,12-21,34-35H2,1-6H3. The van der Waals surface area contributed by atoms with Crippen molar-refractivity contribution < 1.29 is 9.53 Å². The first-order valence-electron chi connectivity index (χ1n) is 16.3. The molecule has 39 heavy (non-hydrogen) atoms. The van der Waals surface area contributed by atoms with Gasteiger partial charge in [-0.25, -0.2) is 4.79 Å². The zero-order chi connectivity index (χ0) is 28.4. The molecule has 0 aliphatic heterocycles. The van der Waals surface area contributed by atoms with Crippen LogP contribution in [0.2, 0.25) is 0 Å². The molecule has 3 fully saturated rings. The fraction of sp³-hybridized carbons (Fsp3) is 0.909. The number of hydrogen-bond donors (Lipinski definition) is 3. The summed E-state index contributed by atoms with van der Waals surface area (Å²) in [4.78, 5) is 14.5. The summed E-state index contributed by atoms with van der Waals surface area (Å²) in [5.41, 5.74) is 13.5. The number of fused-ring (bicyclic) bond motifs is 5. The van der Waals surface area contributed by atoms with E-state index in [1.54, 1.807) is 10.5 Å². The van der Waals surface area contributed by atoms with Gasteiger partial charge in [0.15, 0.2) is 0 Å². The van der Waals surface area contributed by atoms with Gasteiger partial charge in [-0.15, -0.1) is 0 Å². The molecule has 4 rings (SSSR count). The summed E-state index contributed by atoms with van der Waals surface area (Å²) in [6, 6.07) is 0. The van der Waals surface area contributed by atoms with Crippen LogP contribution in [0.5, 0.6) is 0 Å². The van der Waals surface area contributed by atoms with Crippen LogP contribution in [0, 0.1) is 46.3 Å². The Morgan fingerprint density at radius 2 is 1.85 bits per heavy atom. The Morgan fingerprint density at radius 1 is 1.08 bits per heavy atom. The van der Waals surface area contributed by atoms with Crippen LogP contribution in [-0.2, 0) is 4.74 Å². The molecule has 5 N–H and O–H groups in total. The summed E-state index contributed by atoms with van der Waals surface area (Å²) < 4.78 is 6.01. The predicted octanol–water partition coefficient (Wildman–Crippen LogP) is 6.65. The lowest BCUT2D eigenvalue weighted by Crippen LogP contribution is -2.51. The SMILES string of the molecule is CC(C)CCCC(C)C1CCC2C3CC=C4CC(OC(=O)N(C)CCCNC(N)N)CCC4(C)C3CCC12C. The fourth-order valence-electron chi connectivity index (χ4n) is 9.66. The van der Waals surface area contributed by atoms with E-state index in [4.69, 9.17) is 16.2 Å². The Labute approximate surface area is 239 Å². The average molecular weight is 545 g/mol. The normalized spacial score (nSPS) is 36.7. The molecule has 0 aromatic heterocycles. The van der Waals surface area contributed by atoms with Gasteiger partial charge in [0.2, 0.25) is 0 Å². The lowest BCUT2D eigenvalue weighted by molar-refractivity contribution is -0.0591. The van der Waals surface area contributed by atoms with Gasteiger partial charge in [-0.2, -0.15) is 0 Å². The lowest BCUT2D eigenvalue weighted by atomic mass is 9.47. The molecule has 0 bridgehead atoms. The summed E-state index contributed by atoms with van der Waals surface area (Å²) in [6.45, 7) is 13.8. The highest BCUT2D eigenvalue weighted by Gasteiger charge is 2.59. The second kappa shape index (κ2) is 12.8. The van der Waals surface area contributed by atoms with E-state index in [0.29, 0.717) is 18.5 Å². The van der Waals surface area contributed by atoms with E-state index in [-0.39, 0.29) is 17.6 Å². The van der Waals surface area contributed by atoms with Gasteiger partial charge < -0.3 is 21.1 Å². The maximum absolute atomic E-state index is 12.8. The first kappa shape index (κ1) is 30.8. The minimum Gasteiger partial charge on any atom is -0.446 e. The number of allylic oxidation sites excluding steroid dienone is 1. The highest BCUT2D eigenvalue weighted by Crippen LogP contribution is 2.67. The van der Waals surface area contributed by atoms with Crippen LogP contribution >= 0.6 is 0 Å². The Bertz CT molecular complexity index is 859. The maximum atomic E-state index is 12.8. The predicted molar refractivity (Wildman–Crippen MR) is 161 cm³/mol. The molecule has 4 aliphatic rings. The minimum atomic E-state index is -0.515. The van der Waals surface area contributed by atoms with E-state index < -0.39 is 6.29 Å². The van der Waals surface area contributed by atoms with Gasteiger partial charge in [-0.1, -0.05) is 65.5 Å². The first-order valence-corrected chi connectivity index (χ1v) is 16.3. The van der Waals surface area contributed by atoms with Crippen molar-refractivity contribution in [1.29, 1.82) is 0 Å². The summed E-state index contributed by atoms with van der Waals surface area (Å²) in [5.74, 6) is 5.11. The van der Waals surface area contributed by atoms with Gasteiger partial charge in [0, 0.05) is 20.0 Å². The third-order valence-corrected chi connectivity index (χ3v) is 11.9. The molecule has 6 nitrogen and oxygen atoms in total. The monoisotopic (exact) mass is 544 g/mol. The van der Waals surface area contributed by atoms with E-state index >= 15 is 0 Å². The third kappa shape index (κ3) is 6.70. The molecule has 4 aliphatic carbocycles. The molecule has 6 heteroatoms. The van der Waals surface area contributed by atoms with E-state index in [2.05, 4.69) is 46.0 Å². The number of nitrogens with two attached hydrogens (primary N) is 2.